The SMILES string of the molecule is CC/C=C\C/C=C\C/C=C\C/C=C\C/C=C\C/C=C\CCC(=O)OCC1CO[P+](=O)O1. The van der Waals surface area contributed by atoms with Crippen LogP contribution in [0, 0.1) is 0 Å². The van der Waals surface area contributed by atoms with E-state index in [1.165, 1.54) is 0 Å². The summed E-state index contributed by atoms with van der Waals surface area (Å²) in [6.07, 6.45) is 32.2. The van der Waals surface area contributed by atoms with Gasteiger partial charge < -0.3 is 4.74 Å². The molecular formula is C25H36O5P+. The second-order valence-electron chi connectivity index (χ2n) is 6.88. The summed E-state index contributed by atoms with van der Waals surface area (Å²) in [6.45, 7) is 2.44. The van der Waals surface area contributed by atoms with Gasteiger partial charge in [-0.1, -0.05) is 79.8 Å². The van der Waals surface area contributed by atoms with Gasteiger partial charge in [-0.25, -0.2) is 0 Å². The maximum atomic E-state index is 11.6. The zero-order valence-corrected chi connectivity index (χ0v) is 19.5. The Morgan fingerprint density at radius 2 is 1.32 bits per heavy atom. The third-order valence-corrected chi connectivity index (χ3v) is 4.97. The van der Waals surface area contributed by atoms with Gasteiger partial charge in [0.2, 0.25) is 0 Å². The van der Waals surface area contributed by atoms with Crippen molar-refractivity contribution >= 4 is 14.2 Å². The van der Waals surface area contributed by atoms with E-state index in [2.05, 4.69) is 67.7 Å². The molecule has 2 atom stereocenters. The van der Waals surface area contributed by atoms with Gasteiger partial charge in [0.25, 0.3) is 0 Å². The van der Waals surface area contributed by atoms with Crippen molar-refractivity contribution in [1.29, 1.82) is 0 Å². The molecule has 1 saturated heterocycles. The Bertz CT molecular complexity index is 673. The van der Waals surface area contributed by atoms with Gasteiger partial charge >= 0.3 is 14.2 Å². The van der Waals surface area contributed by atoms with Crippen molar-refractivity contribution in [1.82, 2.24) is 0 Å². The van der Waals surface area contributed by atoms with Crippen molar-refractivity contribution in [2.45, 2.75) is 64.4 Å². The summed E-state index contributed by atoms with van der Waals surface area (Å²) in [5.41, 5.74) is 0. The lowest BCUT2D eigenvalue weighted by atomic mass is 10.2. The average molecular weight is 448 g/mol. The lowest BCUT2D eigenvalue weighted by molar-refractivity contribution is -0.145. The highest BCUT2D eigenvalue weighted by Crippen LogP contribution is 2.33. The average Bonchev–Trinajstić information content (AvgIpc) is 3.19. The van der Waals surface area contributed by atoms with Crippen molar-refractivity contribution in [3.8, 4) is 0 Å². The molecule has 31 heavy (non-hydrogen) atoms. The molecule has 0 aromatic rings. The molecule has 0 bridgehead atoms. The normalized spacial score (nSPS) is 18.9. The van der Waals surface area contributed by atoms with Crippen LogP contribution in [0.4, 0.5) is 0 Å². The Morgan fingerprint density at radius 3 is 1.77 bits per heavy atom. The Hall–Kier alpha value is -2.07. The molecule has 0 aromatic heterocycles. The summed E-state index contributed by atoms with van der Waals surface area (Å²) in [4.78, 5) is 11.6. The van der Waals surface area contributed by atoms with Crippen molar-refractivity contribution in [2.24, 2.45) is 0 Å². The Morgan fingerprint density at radius 1 is 0.839 bits per heavy atom. The minimum Gasteiger partial charge on any atom is -0.463 e. The maximum Gasteiger partial charge on any atom is 0.697 e. The van der Waals surface area contributed by atoms with Gasteiger partial charge in [-0.2, -0.15) is 0 Å². The molecule has 6 heteroatoms. The zero-order valence-electron chi connectivity index (χ0n) is 18.6. The molecule has 0 N–H and O–H groups in total. The van der Waals surface area contributed by atoms with Crippen LogP contribution < -0.4 is 0 Å². The molecule has 0 amide bonds. The number of esters is 1. The quantitative estimate of drug-likeness (QED) is 0.144. The second-order valence-corrected chi connectivity index (χ2v) is 7.80. The zero-order chi connectivity index (χ0) is 22.4. The molecule has 0 spiro atoms. The van der Waals surface area contributed by atoms with Gasteiger partial charge in [0.1, 0.15) is 13.2 Å². The topological polar surface area (TPSA) is 61.8 Å². The largest absolute Gasteiger partial charge is 0.697 e. The fraction of sp³-hybridized carbons (Fsp3) is 0.480. The van der Waals surface area contributed by atoms with Crippen LogP contribution in [-0.2, 0) is 23.1 Å². The van der Waals surface area contributed by atoms with Gasteiger partial charge in [0.15, 0.2) is 6.10 Å². The van der Waals surface area contributed by atoms with E-state index < -0.39 is 14.4 Å². The first-order chi connectivity index (χ1) is 15.2. The molecule has 2 unspecified atom stereocenters. The van der Waals surface area contributed by atoms with Crippen molar-refractivity contribution in [3.63, 3.8) is 0 Å². The van der Waals surface area contributed by atoms with E-state index in [0.717, 1.165) is 38.5 Å². The minimum absolute atomic E-state index is 0.0870. The smallest absolute Gasteiger partial charge is 0.463 e. The highest BCUT2D eigenvalue weighted by Gasteiger charge is 2.38. The summed E-state index contributed by atoms with van der Waals surface area (Å²) in [5.74, 6) is -0.287. The molecule has 1 rings (SSSR count). The van der Waals surface area contributed by atoms with Crippen molar-refractivity contribution < 1.29 is 23.1 Å². The number of ether oxygens (including phenoxy) is 1. The van der Waals surface area contributed by atoms with E-state index in [1.807, 2.05) is 12.2 Å². The molecule has 1 fully saturated rings. The van der Waals surface area contributed by atoms with Crippen LogP contribution in [0.1, 0.15) is 58.3 Å². The predicted octanol–water partition coefficient (Wildman–Crippen LogP) is 7.08. The van der Waals surface area contributed by atoms with Crippen LogP contribution in [-0.4, -0.2) is 25.3 Å². The lowest BCUT2D eigenvalue weighted by Gasteiger charge is -2.04. The van der Waals surface area contributed by atoms with Crippen LogP contribution >= 0.6 is 8.25 Å². The monoisotopic (exact) mass is 447 g/mol. The molecule has 0 aromatic carbocycles. The fourth-order valence-electron chi connectivity index (χ4n) is 2.50. The summed E-state index contributed by atoms with van der Waals surface area (Å²) in [5, 5.41) is 0. The number of allylic oxidation sites excluding steroid dienone is 12. The summed E-state index contributed by atoms with van der Waals surface area (Å²) >= 11 is 0. The van der Waals surface area contributed by atoms with E-state index in [4.69, 9.17) is 13.8 Å². The first-order valence-electron chi connectivity index (χ1n) is 11.0. The Kier molecular flexibility index (Phi) is 17.3. The summed E-state index contributed by atoms with van der Waals surface area (Å²) < 4.78 is 25.7. The molecule has 5 nitrogen and oxygen atoms in total. The first kappa shape index (κ1) is 27.0. The number of rotatable bonds is 16. The highest BCUT2D eigenvalue weighted by molar-refractivity contribution is 7.33. The maximum absolute atomic E-state index is 11.6. The van der Waals surface area contributed by atoms with Crippen molar-refractivity contribution in [2.75, 3.05) is 13.2 Å². The van der Waals surface area contributed by atoms with Crippen molar-refractivity contribution in [3.05, 3.63) is 72.9 Å². The van der Waals surface area contributed by atoms with Crippen LogP contribution in [0.5, 0.6) is 0 Å². The molecule has 1 aliphatic heterocycles. The fourth-order valence-corrected chi connectivity index (χ4v) is 3.22. The van der Waals surface area contributed by atoms with Gasteiger partial charge in [-0.3, -0.25) is 4.79 Å². The molecule has 0 aliphatic carbocycles. The predicted molar refractivity (Wildman–Crippen MR) is 127 cm³/mol. The standard InChI is InChI=1S/C25H36O5P/c1-2-3-4-5-6-7-8-9-10-11-12-13-14-15-16-17-18-19-20-21-25(26)28-22-24-23-29-31(27)30-24/h3-4,6-7,9-10,12-13,15-16,18-19,24H,2,5,8,11,14,17,20-23H2,1H3/q+1/b4-3-,7-6-,10-9-,13-12-,16-15-,19-18-. The Balaban J connectivity index is 1.94. The van der Waals surface area contributed by atoms with E-state index in [1.54, 1.807) is 0 Å². The van der Waals surface area contributed by atoms with Crippen LogP contribution in [0.25, 0.3) is 0 Å². The second kappa shape index (κ2) is 19.9. The van der Waals surface area contributed by atoms with E-state index in [-0.39, 0.29) is 19.2 Å². The van der Waals surface area contributed by atoms with Gasteiger partial charge in [-0.15, -0.1) is 9.05 Å². The third kappa shape index (κ3) is 17.3. The highest BCUT2D eigenvalue weighted by atomic mass is 31.1. The lowest BCUT2D eigenvalue weighted by Crippen LogP contribution is -2.19. The van der Waals surface area contributed by atoms with Crippen LogP contribution in [0.3, 0.4) is 0 Å². The molecule has 170 valence electrons. The van der Waals surface area contributed by atoms with Gasteiger partial charge in [0.05, 0.1) is 0 Å². The molecule has 0 saturated carbocycles. The number of carbonyl (C=O) groups is 1. The minimum atomic E-state index is -2.04. The van der Waals surface area contributed by atoms with Crippen LogP contribution in [0.2, 0.25) is 0 Å². The summed E-state index contributed by atoms with van der Waals surface area (Å²) in [7, 11) is -2.04. The van der Waals surface area contributed by atoms with E-state index in [0.29, 0.717) is 12.8 Å². The molecule has 1 heterocycles. The van der Waals surface area contributed by atoms with Crippen LogP contribution in [0.15, 0.2) is 72.9 Å². The Labute approximate surface area is 188 Å². The number of hydrogen-bond donors (Lipinski definition) is 0. The molecular weight excluding hydrogens is 411 g/mol. The number of carbonyl (C=O) groups excluding carboxylic acids is 1. The number of hydrogen-bond acceptors (Lipinski definition) is 5. The first-order valence-corrected chi connectivity index (χ1v) is 12.1. The van der Waals surface area contributed by atoms with Gasteiger partial charge in [-0.05, 0) is 44.9 Å². The molecule has 0 radical (unpaired) electrons. The van der Waals surface area contributed by atoms with E-state index >= 15 is 0 Å². The molecule has 1 aliphatic rings. The van der Waals surface area contributed by atoms with Gasteiger partial charge in [0, 0.05) is 11.0 Å². The summed E-state index contributed by atoms with van der Waals surface area (Å²) in [6, 6.07) is 0. The third-order valence-electron chi connectivity index (χ3n) is 4.14. The van der Waals surface area contributed by atoms with E-state index in [9.17, 15) is 9.36 Å².